The SMILES string of the molecule is C1=NCCN1CCc1ccccc1.Cl. The lowest BCUT2D eigenvalue weighted by atomic mass is 10.1. The Balaban J connectivity index is 0.000000980. The molecule has 1 heterocycles. The van der Waals surface area contributed by atoms with E-state index < -0.39 is 0 Å². The molecule has 0 fully saturated rings. The van der Waals surface area contributed by atoms with Gasteiger partial charge in [0.25, 0.3) is 0 Å². The molecule has 3 heteroatoms. The van der Waals surface area contributed by atoms with Gasteiger partial charge in [0, 0.05) is 13.1 Å². The van der Waals surface area contributed by atoms with Crippen molar-refractivity contribution < 1.29 is 0 Å². The van der Waals surface area contributed by atoms with E-state index in [0.717, 1.165) is 26.1 Å². The number of halogens is 1. The van der Waals surface area contributed by atoms with Gasteiger partial charge >= 0.3 is 0 Å². The van der Waals surface area contributed by atoms with Crippen molar-refractivity contribution in [1.29, 1.82) is 0 Å². The lowest BCUT2D eigenvalue weighted by Gasteiger charge is -2.12. The molecule has 2 rings (SSSR count). The van der Waals surface area contributed by atoms with E-state index in [0.29, 0.717) is 0 Å². The molecule has 1 aromatic carbocycles. The van der Waals surface area contributed by atoms with Crippen LogP contribution in [0.2, 0.25) is 0 Å². The van der Waals surface area contributed by atoms with Crippen LogP contribution in [0, 0.1) is 0 Å². The van der Waals surface area contributed by atoms with Crippen molar-refractivity contribution in [2.45, 2.75) is 6.42 Å². The van der Waals surface area contributed by atoms with Gasteiger partial charge in [-0.3, -0.25) is 4.99 Å². The Hall–Kier alpha value is -1.02. The first-order chi connectivity index (χ1) is 6.45. The lowest BCUT2D eigenvalue weighted by Crippen LogP contribution is -2.22. The molecule has 0 aromatic heterocycles. The first-order valence-electron chi connectivity index (χ1n) is 4.73. The number of hydrogen-bond donors (Lipinski definition) is 0. The van der Waals surface area contributed by atoms with Crippen LogP contribution in [-0.2, 0) is 6.42 Å². The Bertz CT molecular complexity index is 285. The quantitative estimate of drug-likeness (QED) is 0.745. The van der Waals surface area contributed by atoms with Gasteiger partial charge in [0.1, 0.15) is 0 Å². The molecule has 1 aromatic rings. The minimum Gasteiger partial charge on any atom is -0.361 e. The smallest absolute Gasteiger partial charge is 0.0851 e. The molecule has 1 aliphatic rings. The molecule has 0 atom stereocenters. The Morgan fingerprint density at radius 1 is 1.21 bits per heavy atom. The van der Waals surface area contributed by atoms with E-state index in [2.05, 4.69) is 40.2 Å². The third-order valence-electron chi connectivity index (χ3n) is 2.29. The second kappa shape index (κ2) is 5.66. The van der Waals surface area contributed by atoms with Gasteiger partial charge in [-0.25, -0.2) is 0 Å². The van der Waals surface area contributed by atoms with Crippen molar-refractivity contribution in [1.82, 2.24) is 4.90 Å². The topological polar surface area (TPSA) is 15.6 Å². The van der Waals surface area contributed by atoms with Gasteiger partial charge in [0.15, 0.2) is 0 Å². The van der Waals surface area contributed by atoms with Crippen LogP contribution >= 0.6 is 12.4 Å². The first kappa shape index (κ1) is 11.1. The summed E-state index contributed by atoms with van der Waals surface area (Å²) in [5, 5.41) is 0. The molecule has 0 unspecified atom stereocenters. The number of nitrogens with zero attached hydrogens (tertiary/aromatic N) is 2. The van der Waals surface area contributed by atoms with Gasteiger partial charge in [0.05, 0.1) is 12.9 Å². The molecule has 76 valence electrons. The fourth-order valence-electron chi connectivity index (χ4n) is 1.50. The fourth-order valence-corrected chi connectivity index (χ4v) is 1.50. The van der Waals surface area contributed by atoms with Gasteiger partial charge < -0.3 is 4.90 Å². The maximum atomic E-state index is 4.18. The van der Waals surface area contributed by atoms with Crippen LogP contribution < -0.4 is 0 Å². The van der Waals surface area contributed by atoms with Gasteiger partial charge in [0.2, 0.25) is 0 Å². The average Bonchev–Trinajstić information content (AvgIpc) is 2.69. The van der Waals surface area contributed by atoms with E-state index in [9.17, 15) is 0 Å². The molecule has 0 spiro atoms. The minimum absolute atomic E-state index is 0. The second-order valence-corrected chi connectivity index (χ2v) is 3.29. The summed E-state index contributed by atoms with van der Waals surface area (Å²) in [5.41, 5.74) is 1.41. The van der Waals surface area contributed by atoms with Gasteiger partial charge in [-0.1, -0.05) is 30.3 Å². The van der Waals surface area contributed by atoms with Crippen LogP contribution in [0.25, 0.3) is 0 Å². The highest BCUT2D eigenvalue weighted by Crippen LogP contribution is 2.01. The molecule has 0 N–H and O–H groups in total. The van der Waals surface area contributed by atoms with E-state index in [1.54, 1.807) is 0 Å². The van der Waals surface area contributed by atoms with E-state index in [1.165, 1.54) is 5.56 Å². The standard InChI is InChI=1S/C11H14N2.ClH/c1-2-4-11(5-3-1)6-8-13-9-7-12-10-13;/h1-5,10H,6-9H2;1H. The van der Waals surface area contributed by atoms with Crippen molar-refractivity contribution in [3.05, 3.63) is 35.9 Å². The van der Waals surface area contributed by atoms with E-state index >= 15 is 0 Å². The molecular formula is C11H15ClN2. The number of benzene rings is 1. The van der Waals surface area contributed by atoms with E-state index in [-0.39, 0.29) is 12.4 Å². The van der Waals surface area contributed by atoms with Crippen molar-refractivity contribution in [3.63, 3.8) is 0 Å². The normalized spacial score (nSPS) is 14.1. The van der Waals surface area contributed by atoms with Crippen LogP contribution in [0.5, 0.6) is 0 Å². The Morgan fingerprint density at radius 3 is 2.64 bits per heavy atom. The summed E-state index contributed by atoms with van der Waals surface area (Å²) in [7, 11) is 0. The van der Waals surface area contributed by atoms with Crippen LogP contribution in [0.15, 0.2) is 35.3 Å². The van der Waals surface area contributed by atoms with E-state index in [4.69, 9.17) is 0 Å². The maximum absolute atomic E-state index is 4.18. The predicted molar refractivity (Wildman–Crippen MR) is 62.3 cm³/mol. The Labute approximate surface area is 91.1 Å². The molecule has 0 radical (unpaired) electrons. The van der Waals surface area contributed by atoms with Crippen LogP contribution in [-0.4, -0.2) is 30.9 Å². The van der Waals surface area contributed by atoms with Crippen molar-refractivity contribution in [3.8, 4) is 0 Å². The monoisotopic (exact) mass is 210 g/mol. The molecule has 0 saturated heterocycles. The maximum Gasteiger partial charge on any atom is 0.0851 e. The van der Waals surface area contributed by atoms with Crippen LogP contribution in [0.3, 0.4) is 0 Å². The number of aliphatic imine (C=N–C) groups is 1. The molecule has 0 saturated carbocycles. The molecule has 2 nitrogen and oxygen atoms in total. The van der Waals surface area contributed by atoms with Crippen LogP contribution in [0.1, 0.15) is 5.56 Å². The summed E-state index contributed by atoms with van der Waals surface area (Å²) in [5.74, 6) is 0. The van der Waals surface area contributed by atoms with Gasteiger partial charge in [-0.2, -0.15) is 0 Å². The minimum atomic E-state index is 0. The zero-order valence-electron chi connectivity index (χ0n) is 8.10. The third-order valence-corrected chi connectivity index (χ3v) is 2.29. The van der Waals surface area contributed by atoms with Crippen molar-refractivity contribution >= 4 is 18.7 Å². The predicted octanol–water partition coefficient (Wildman–Crippen LogP) is 1.99. The summed E-state index contributed by atoms with van der Waals surface area (Å²) in [6.07, 6.45) is 3.08. The first-order valence-corrected chi connectivity index (χ1v) is 4.73. The summed E-state index contributed by atoms with van der Waals surface area (Å²) < 4.78 is 0. The highest BCUT2D eigenvalue weighted by atomic mass is 35.5. The highest BCUT2D eigenvalue weighted by molar-refractivity contribution is 5.85. The summed E-state index contributed by atoms with van der Waals surface area (Å²) in [4.78, 5) is 6.45. The molecule has 14 heavy (non-hydrogen) atoms. The summed E-state index contributed by atoms with van der Waals surface area (Å²) >= 11 is 0. The second-order valence-electron chi connectivity index (χ2n) is 3.29. The molecule has 0 aliphatic carbocycles. The molecule has 0 amide bonds. The highest BCUT2D eigenvalue weighted by Gasteiger charge is 2.03. The third kappa shape index (κ3) is 3.04. The Kier molecular flexibility index (Phi) is 4.47. The van der Waals surface area contributed by atoms with Gasteiger partial charge in [-0.05, 0) is 12.0 Å². The fraction of sp³-hybridized carbons (Fsp3) is 0.364. The van der Waals surface area contributed by atoms with E-state index in [1.807, 2.05) is 6.34 Å². The zero-order chi connectivity index (χ0) is 8.93. The lowest BCUT2D eigenvalue weighted by molar-refractivity contribution is 0.472. The molecule has 1 aliphatic heterocycles. The zero-order valence-corrected chi connectivity index (χ0v) is 8.91. The van der Waals surface area contributed by atoms with Gasteiger partial charge in [-0.15, -0.1) is 12.4 Å². The average molecular weight is 211 g/mol. The number of hydrogen-bond acceptors (Lipinski definition) is 2. The summed E-state index contributed by atoms with van der Waals surface area (Å²) in [6, 6.07) is 10.6. The van der Waals surface area contributed by atoms with Crippen molar-refractivity contribution in [2.75, 3.05) is 19.6 Å². The van der Waals surface area contributed by atoms with Crippen molar-refractivity contribution in [2.24, 2.45) is 4.99 Å². The summed E-state index contributed by atoms with van der Waals surface area (Å²) in [6.45, 7) is 3.15. The molecule has 0 bridgehead atoms. The molecular weight excluding hydrogens is 196 g/mol. The Morgan fingerprint density at radius 2 is 2.00 bits per heavy atom. The van der Waals surface area contributed by atoms with Crippen LogP contribution in [0.4, 0.5) is 0 Å². The number of rotatable bonds is 3. The largest absolute Gasteiger partial charge is 0.361 e.